The summed E-state index contributed by atoms with van der Waals surface area (Å²) in [6, 6.07) is 1.29. The van der Waals surface area contributed by atoms with Crippen LogP contribution in [0.2, 0.25) is 0 Å². The third-order valence-corrected chi connectivity index (χ3v) is 5.51. The average molecular weight is 316 g/mol. The summed E-state index contributed by atoms with van der Waals surface area (Å²) in [7, 11) is 1.34. The maximum atomic E-state index is 12.1. The van der Waals surface area contributed by atoms with Crippen molar-refractivity contribution in [1.29, 1.82) is 0 Å². The Labute approximate surface area is 124 Å². The van der Waals surface area contributed by atoms with E-state index in [4.69, 9.17) is 4.74 Å². The predicted molar refractivity (Wildman–Crippen MR) is 76.2 cm³/mol. The number of aromatic nitrogens is 2. The van der Waals surface area contributed by atoms with Crippen LogP contribution in [0.15, 0.2) is 12.3 Å². The lowest BCUT2D eigenvalue weighted by Gasteiger charge is -2.21. The number of carbonyl (C=O) groups is 1. The lowest BCUT2D eigenvalue weighted by atomic mass is 10.1. The van der Waals surface area contributed by atoms with Gasteiger partial charge in [-0.2, -0.15) is 5.10 Å². The summed E-state index contributed by atoms with van der Waals surface area (Å²) in [5.41, 5.74) is 0.427. The highest BCUT2D eigenvalue weighted by Crippen LogP contribution is 2.17. The van der Waals surface area contributed by atoms with E-state index in [2.05, 4.69) is 10.4 Å². The molecule has 1 fully saturated rings. The molecule has 9 heteroatoms. The van der Waals surface area contributed by atoms with Crippen LogP contribution in [-0.4, -0.2) is 67.5 Å². The molecule has 0 unspecified atom stereocenters. The van der Waals surface area contributed by atoms with Gasteiger partial charge in [0, 0.05) is 33.3 Å². The van der Waals surface area contributed by atoms with E-state index in [-0.39, 0.29) is 23.6 Å². The van der Waals surface area contributed by atoms with Gasteiger partial charge in [-0.25, -0.2) is 12.7 Å². The first-order valence-electron chi connectivity index (χ1n) is 6.58. The number of aryl methyl sites for hydroxylation is 1. The summed E-state index contributed by atoms with van der Waals surface area (Å²) in [6.45, 7) is 0.639. The van der Waals surface area contributed by atoms with Crippen LogP contribution in [0.3, 0.4) is 0 Å². The molecule has 0 aliphatic carbocycles. The second-order valence-electron chi connectivity index (χ2n) is 5.28. The summed E-state index contributed by atoms with van der Waals surface area (Å²) in [4.78, 5) is 12.1. The molecule has 1 N–H and O–H groups in total. The first-order valence-corrected chi connectivity index (χ1v) is 8.19. The first-order chi connectivity index (χ1) is 9.81. The number of hydrogen-bond acceptors (Lipinski definition) is 5. The standard InChI is InChI=1S/C12H20N4O4S/c1-15(2)21(18,19)8-9-6-20-7-10(9)14-12(17)11-4-5-13-16(11)3/h4-5,9-10H,6-8H2,1-3H3,(H,14,17)/t9-,10-/m0/s1. The van der Waals surface area contributed by atoms with Gasteiger partial charge in [-0.05, 0) is 6.07 Å². The van der Waals surface area contributed by atoms with Gasteiger partial charge in [0.15, 0.2) is 0 Å². The van der Waals surface area contributed by atoms with Crippen molar-refractivity contribution in [2.45, 2.75) is 6.04 Å². The van der Waals surface area contributed by atoms with E-state index >= 15 is 0 Å². The van der Waals surface area contributed by atoms with Crippen molar-refractivity contribution >= 4 is 15.9 Å². The van der Waals surface area contributed by atoms with Gasteiger partial charge >= 0.3 is 0 Å². The molecule has 0 saturated carbocycles. The minimum absolute atomic E-state index is 0.0453. The summed E-state index contributed by atoms with van der Waals surface area (Å²) in [6.07, 6.45) is 1.54. The fourth-order valence-corrected chi connectivity index (χ4v) is 3.35. The van der Waals surface area contributed by atoms with E-state index in [1.54, 1.807) is 13.1 Å². The number of amides is 1. The van der Waals surface area contributed by atoms with E-state index in [0.717, 1.165) is 0 Å². The summed E-state index contributed by atoms with van der Waals surface area (Å²) in [5.74, 6) is -0.580. The lowest BCUT2D eigenvalue weighted by Crippen LogP contribution is -2.44. The fraction of sp³-hybridized carbons (Fsp3) is 0.667. The molecule has 2 heterocycles. The van der Waals surface area contributed by atoms with Crippen LogP contribution in [0.25, 0.3) is 0 Å². The van der Waals surface area contributed by atoms with Crippen molar-refractivity contribution in [2.75, 3.05) is 33.1 Å². The highest BCUT2D eigenvalue weighted by molar-refractivity contribution is 7.89. The van der Waals surface area contributed by atoms with E-state index in [1.807, 2.05) is 0 Å². The van der Waals surface area contributed by atoms with Crippen LogP contribution in [0, 0.1) is 5.92 Å². The molecule has 0 radical (unpaired) electrons. The summed E-state index contributed by atoms with van der Waals surface area (Å²) >= 11 is 0. The molecule has 0 spiro atoms. The second kappa shape index (κ2) is 6.12. The molecule has 1 aromatic heterocycles. The molecule has 0 bridgehead atoms. The Morgan fingerprint density at radius 3 is 2.81 bits per heavy atom. The molecule has 1 amide bonds. The van der Waals surface area contributed by atoms with Crippen molar-refractivity contribution in [3.63, 3.8) is 0 Å². The molecule has 1 aliphatic heterocycles. The minimum atomic E-state index is -3.33. The number of nitrogens with zero attached hydrogens (tertiary/aromatic N) is 3. The number of hydrogen-bond donors (Lipinski definition) is 1. The van der Waals surface area contributed by atoms with Gasteiger partial charge in [-0.3, -0.25) is 9.48 Å². The van der Waals surface area contributed by atoms with Crippen molar-refractivity contribution in [3.8, 4) is 0 Å². The van der Waals surface area contributed by atoms with Crippen LogP contribution >= 0.6 is 0 Å². The van der Waals surface area contributed by atoms with Crippen molar-refractivity contribution < 1.29 is 17.9 Å². The molecule has 118 valence electrons. The molecule has 1 aromatic rings. The third-order valence-electron chi connectivity index (χ3n) is 3.55. The second-order valence-corrected chi connectivity index (χ2v) is 7.51. The van der Waals surface area contributed by atoms with Gasteiger partial charge in [0.1, 0.15) is 5.69 Å². The van der Waals surface area contributed by atoms with E-state index < -0.39 is 10.0 Å². The molecule has 2 atom stereocenters. The van der Waals surface area contributed by atoms with Crippen molar-refractivity contribution in [2.24, 2.45) is 13.0 Å². The van der Waals surface area contributed by atoms with Crippen LogP contribution in [0.5, 0.6) is 0 Å². The Bertz CT molecular complexity index is 611. The Morgan fingerprint density at radius 2 is 2.24 bits per heavy atom. The van der Waals surface area contributed by atoms with Crippen molar-refractivity contribution in [3.05, 3.63) is 18.0 Å². The Morgan fingerprint density at radius 1 is 1.52 bits per heavy atom. The first kappa shape index (κ1) is 15.9. The minimum Gasteiger partial charge on any atom is -0.379 e. The number of sulfonamides is 1. The van der Waals surface area contributed by atoms with Gasteiger partial charge in [-0.15, -0.1) is 0 Å². The highest BCUT2D eigenvalue weighted by Gasteiger charge is 2.34. The molecule has 21 heavy (non-hydrogen) atoms. The highest BCUT2D eigenvalue weighted by atomic mass is 32.2. The normalized spacial score (nSPS) is 22.7. The molecule has 2 rings (SSSR count). The van der Waals surface area contributed by atoms with Crippen LogP contribution < -0.4 is 5.32 Å². The van der Waals surface area contributed by atoms with Gasteiger partial charge in [0.25, 0.3) is 5.91 Å². The number of ether oxygens (including phenoxy) is 1. The lowest BCUT2D eigenvalue weighted by molar-refractivity contribution is 0.0916. The molecule has 0 aromatic carbocycles. The van der Waals surface area contributed by atoms with Crippen LogP contribution in [-0.2, 0) is 21.8 Å². The Balaban J connectivity index is 2.03. The number of nitrogens with one attached hydrogen (secondary N) is 1. The van der Waals surface area contributed by atoms with Gasteiger partial charge in [0.05, 0.1) is 25.0 Å². The smallest absolute Gasteiger partial charge is 0.269 e. The Hall–Kier alpha value is -1.45. The topological polar surface area (TPSA) is 93.5 Å². The molecule has 1 saturated heterocycles. The van der Waals surface area contributed by atoms with Gasteiger partial charge in [0.2, 0.25) is 10.0 Å². The van der Waals surface area contributed by atoms with Gasteiger partial charge < -0.3 is 10.1 Å². The SMILES string of the molecule is CN(C)S(=O)(=O)C[C@@H]1COC[C@@H]1NC(=O)c1ccnn1C. The van der Waals surface area contributed by atoms with E-state index in [1.165, 1.54) is 29.3 Å². The maximum Gasteiger partial charge on any atom is 0.269 e. The quantitative estimate of drug-likeness (QED) is 0.756. The predicted octanol–water partition coefficient (Wildman–Crippen LogP) is -0.944. The summed E-state index contributed by atoms with van der Waals surface area (Å²) in [5, 5.41) is 6.76. The molecule has 8 nitrogen and oxygen atoms in total. The van der Waals surface area contributed by atoms with Gasteiger partial charge in [-0.1, -0.05) is 0 Å². The van der Waals surface area contributed by atoms with E-state index in [9.17, 15) is 13.2 Å². The summed E-state index contributed by atoms with van der Waals surface area (Å²) < 4.78 is 31.9. The molecule has 1 aliphatic rings. The monoisotopic (exact) mass is 316 g/mol. The maximum absolute atomic E-state index is 12.1. The Kier molecular flexibility index (Phi) is 4.64. The molecular weight excluding hydrogens is 296 g/mol. The van der Waals surface area contributed by atoms with E-state index in [0.29, 0.717) is 18.9 Å². The zero-order valence-electron chi connectivity index (χ0n) is 12.3. The van der Waals surface area contributed by atoms with Crippen molar-refractivity contribution in [1.82, 2.24) is 19.4 Å². The van der Waals surface area contributed by atoms with Crippen LogP contribution in [0.4, 0.5) is 0 Å². The zero-order valence-corrected chi connectivity index (χ0v) is 13.1. The van der Waals surface area contributed by atoms with Crippen LogP contribution in [0.1, 0.15) is 10.5 Å². The molecular formula is C12H20N4O4S. The average Bonchev–Trinajstić information content (AvgIpc) is 2.98. The number of rotatable bonds is 5. The fourth-order valence-electron chi connectivity index (χ4n) is 2.18. The largest absolute Gasteiger partial charge is 0.379 e. The third kappa shape index (κ3) is 3.60. The zero-order chi connectivity index (χ0) is 15.6. The number of carbonyl (C=O) groups excluding carboxylic acids is 1.